The van der Waals surface area contributed by atoms with E-state index in [1.807, 2.05) is 32.0 Å². The van der Waals surface area contributed by atoms with Gasteiger partial charge < -0.3 is 5.32 Å². The number of hydrogen-bond acceptors (Lipinski definition) is 3. The maximum Gasteiger partial charge on any atom is 0.224 e. The molecule has 0 unspecified atom stereocenters. The summed E-state index contributed by atoms with van der Waals surface area (Å²) in [6.07, 6.45) is 5.55. The molecule has 2 rings (SSSR count). The van der Waals surface area contributed by atoms with Crippen LogP contribution in [0.1, 0.15) is 22.4 Å². The van der Waals surface area contributed by atoms with E-state index in [0.29, 0.717) is 13.0 Å². The zero-order valence-electron chi connectivity index (χ0n) is 11.2. The highest BCUT2D eigenvalue weighted by Gasteiger charge is 2.04. The van der Waals surface area contributed by atoms with Crippen LogP contribution in [-0.2, 0) is 17.8 Å². The molecule has 4 heteroatoms. The minimum absolute atomic E-state index is 0.00812. The van der Waals surface area contributed by atoms with E-state index in [9.17, 15) is 4.79 Å². The lowest BCUT2D eigenvalue weighted by Crippen LogP contribution is -2.24. The van der Waals surface area contributed by atoms with E-state index < -0.39 is 0 Å². The summed E-state index contributed by atoms with van der Waals surface area (Å²) in [7, 11) is 0. The zero-order valence-corrected chi connectivity index (χ0v) is 11.2. The normalized spacial score (nSPS) is 10.2. The summed E-state index contributed by atoms with van der Waals surface area (Å²) >= 11 is 0. The molecule has 0 spiro atoms. The first kappa shape index (κ1) is 13.2. The van der Waals surface area contributed by atoms with E-state index in [2.05, 4.69) is 15.3 Å². The van der Waals surface area contributed by atoms with Gasteiger partial charge in [0.15, 0.2) is 0 Å². The maximum atomic E-state index is 11.8. The SMILES string of the molecule is Cc1cc(CNC(=O)Cc2cccnc2)cnc1C. The van der Waals surface area contributed by atoms with Crippen LogP contribution in [0.3, 0.4) is 0 Å². The van der Waals surface area contributed by atoms with Crippen LogP contribution in [0.4, 0.5) is 0 Å². The summed E-state index contributed by atoms with van der Waals surface area (Å²) in [4.78, 5) is 20.0. The molecule has 0 saturated heterocycles. The van der Waals surface area contributed by atoms with Gasteiger partial charge in [0.1, 0.15) is 0 Å². The Kier molecular flexibility index (Phi) is 4.23. The molecular weight excluding hydrogens is 238 g/mol. The number of carbonyl (C=O) groups excluding carboxylic acids is 1. The first-order valence-electron chi connectivity index (χ1n) is 6.23. The second kappa shape index (κ2) is 6.09. The Morgan fingerprint density at radius 2 is 2.11 bits per heavy atom. The van der Waals surface area contributed by atoms with Crippen molar-refractivity contribution in [2.45, 2.75) is 26.8 Å². The Bertz CT molecular complexity index is 567. The highest BCUT2D eigenvalue weighted by Crippen LogP contribution is 2.06. The van der Waals surface area contributed by atoms with Gasteiger partial charge >= 0.3 is 0 Å². The molecule has 1 amide bonds. The lowest BCUT2D eigenvalue weighted by molar-refractivity contribution is -0.120. The average molecular weight is 255 g/mol. The quantitative estimate of drug-likeness (QED) is 0.908. The molecule has 0 bridgehead atoms. The van der Waals surface area contributed by atoms with Crippen LogP contribution in [0.25, 0.3) is 0 Å². The van der Waals surface area contributed by atoms with Crippen molar-refractivity contribution in [3.05, 3.63) is 59.2 Å². The van der Waals surface area contributed by atoms with Crippen molar-refractivity contribution in [2.75, 3.05) is 0 Å². The largest absolute Gasteiger partial charge is 0.352 e. The van der Waals surface area contributed by atoms with Crippen molar-refractivity contribution in [1.29, 1.82) is 0 Å². The van der Waals surface area contributed by atoms with Gasteiger partial charge in [-0.2, -0.15) is 0 Å². The van der Waals surface area contributed by atoms with Crippen LogP contribution in [0.15, 0.2) is 36.8 Å². The molecule has 2 heterocycles. The molecule has 0 aromatic carbocycles. The van der Waals surface area contributed by atoms with Crippen molar-refractivity contribution in [3.63, 3.8) is 0 Å². The molecule has 98 valence electrons. The number of aromatic nitrogens is 2. The van der Waals surface area contributed by atoms with Crippen molar-refractivity contribution in [1.82, 2.24) is 15.3 Å². The lowest BCUT2D eigenvalue weighted by atomic mass is 10.1. The zero-order chi connectivity index (χ0) is 13.7. The van der Waals surface area contributed by atoms with Crippen LogP contribution in [0.5, 0.6) is 0 Å². The predicted octanol–water partition coefficient (Wildman–Crippen LogP) is 1.95. The number of nitrogens with one attached hydrogen (secondary N) is 1. The van der Waals surface area contributed by atoms with E-state index >= 15 is 0 Å². The molecule has 0 aliphatic carbocycles. The highest BCUT2D eigenvalue weighted by molar-refractivity contribution is 5.78. The first-order valence-corrected chi connectivity index (χ1v) is 6.23. The Hall–Kier alpha value is -2.23. The van der Waals surface area contributed by atoms with Gasteiger partial charge in [0.25, 0.3) is 0 Å². The van der Waals surface area contributed by atoms with E-state index in [1.165, 1.54) is 0 Å². The van der Waals surface area contributed by atoms with E-state index in [1.54, 1.807) is 18.6 Å². The third-order valence-corrected chi connectivity index (χ3v) is 2.97. The second-order valence-electron chi connectivity index (χ2n) is 4.56. The molecule has 4 nitrogen and oxygen atoms in total. The third-order valence-electron chi connectivity index (χ3n) is 2.97. The fourth-order valence-electron chi connectivity index (χ4n) is 1.75. The minimum atomic E-state index is -0.00812. The molecule has 0 atom stereocenters. The molecule has 0 aliphatic rings. The summed E-state index contributed by atoms with van der Waals surface area (Å²) in [5.74, 6) is -0.00812. The Morgan fingerprint density at radius 1 is 1.26 bits per heavy atom. The van der Waals surface area contributed by atoms with Gasteiger partial charge in [-0.05, 0) is 36.6 Å². The van der Waals surface area contributed by atoms with Gasteiger partial charge in [-0.1, -0.05) is 12.1 Å². The molecule has 0 radical (unpaired) electrons. The number of aryl methyl sites for hydroxylation is 2. The van der Waals surface area contributed by atoms with E-state index in [-0.39, 0.29) is 5.91 Å². The second-order valence-corrected chi connectivity index (χ2v) is 4.56. The summed E-state index contributed by atoms with van der Waals surface area (Å²) < 4.78 is 0. The Balaban J connectivity index is 1.88. The summed E-state index contributed by atoms with van der Waals surface area (Å²) in [6.45, 7) is 4.50. The average Bonchev–Trinajstić information content (AvgIpc) is 2.41. The molecular formula is C15H17N3O. The number of pyridine rings is 2. The summed E-state index contributed by atoms with van der Waals surface area (Å²) in [5.41, 5.74) is 4.09. The van der Waals surface area contributed by atoms with E-state index in [0.717, 1.165) is 22.4 Å². The van der Waals surface area contributed by atoms with Crippen molar-refractivity contribution < 1.29 is 4.79 Å². The number of hydrogen-bond donors (Lipinski definition) is 1. The number of rotatable bonds is 4. The molecule has 19 heavy (non-hydrogen) atoms. The standard InChI is InChI=1S/C15H17N3O/c1-11-6-14(9-17-12(11)2)10-18-15(19)7-13-4-3-5-16-8-13/h3-6,8-9H,7,10H2,1-2H3,(H,18,19). The van der Waals surface area contributed by atoms with Gasteiger partial charge in [-0.3, -0.25) is 14.8 Å². The smallest absolute Gasteiger partial charge is 0.224 e. The Morgan fingerprint density at radius 3 is 2.79 bits per heavy atom. The van der Waals surface area contributed by atoms with Gasteiger partial charge in [0, 0.05) is 30.8 Å². The van der Waals surface area contributed by atoms with Crippen LogP contribution in [0.2, 0.25) is 0 Å². The monoisotopic (exact) mass is 255 g/mol. The number of carbonyl (C=O) groups is 1. The molecule has 2 aromatic rings. The summed E-state index contributed by atoms with van der Waals surface area (Å²) in [5, 5.41) is 2.89. The van der Waals surface area contributed by atoms with Crippen LogP contribution in [0, 0.1) is 13.8 Å². The molecule has 0 saturated carbocycles. The Labute approximate surface area is 112 Å². The fraction of sp³-hybridized carbons (Fsp3) is 0.267. The predicted molar refractivity (Wildman–Crippen MR) is 73.5 cm³/mol. The van der Waals surface area contributed by atoms with Crippen molar-refractivity contribution in [2.24, 2.45) is 0 Å². The first-order chi connectivity index (χ1) is 9.15. The van der Waals surface area contributed by atoms with Gasteiger partial charge in [0.05, 0.1) is 6.42 Å². The summed E-state index contributed by atoms with van der Waals surface area (Å²) in [6, 6.07) is 5.77. The number of amides is 1. The third kappa shape index (κ3) is 3.88. The molecule has 2 aromatic heterocycles. The van der Waals surface area contributed by atoms with Crippen molar-refractivity contribution in [3.8, 4) is 0 Å². The highest BCUT2D eigenvalue weighted by atomic mass is 16.1. The van der Waals surface area contributed by atoms with Gasteiger partial charge in [0.2, 0.25) is 5.91 Å². The van der Waals surface area contributed by atoms with E-state index in [4.69, 9.17) is 0 Å². The fourth-order valence-corrected chi connectivity index (χ4v) is 1.75. The minimum Gasteiger partial charge on any atom is -0.352 e. The maximum absolute atomic E-state index is 11.8. The van der Waals surface area contributed by atoms with Crippen LogP contribution < -0.4 is 5.32 Å². The van der Waals surface area contributed by atoms with Crippen LogP contribution in [-0.4, -0.2) is 15.9 Å². The molecule has 1 N–H and O–H groups in total. The topological polar surface area (TPSA) is 54.9 Å². The molecule has 0 fully saturated rings. The van der Waals surface area contributed by atoms with Gasteiger partial charge in [-0.25, -0.2) is 0 Å². The van der Waals surface area contributed by atoms with Crippen molar-refractivity contribution >= 4 is 5.91 Å². The van der Waals surface area contributed by atoms with Gasteiger partial charge in [-0.15, -0.1) is 0 Å². The lowest BCUT2D eigenvalue weighted by Gasteiger charge is -2.07. The number of nitrogens with zero attached hydrogens (tertiary/aromatic N) is 2. The molecule has 0 aliphatic heterocycles. The van der Waals surface area contributed by atoms with Crippen LogP contribution >= 0.6 is 0 Å².